The fourth-order valence-electron chi connectivity index (χ4n) is 14.0. The Morgan fingerprint density at radius 3 is 1.38 bits per heavy atom. The molecule has 1 aromatic carbocycles. The number of nitrogens with zero attached hydrogens (tertiary/aromatic N) is 15. The van der Waals surface area contributed by atoms with E-state index in [0.29, 0.717) is 113 Å². The number of rotatable bonds is 20. The summed E-state index contributed by atoms with van der Waals surface area (Å²) in [5, 5.41) is 69.0. The summed E-state index contributed by atoms with van der Waals surface area (Å²) in [6, 6.07) is 19.2. The molecule has 39 heteroatoms. The summed E-state index contributed by atoms with van der Waals surface area (Å²) >= 11 is 13.2. The van der Waals surface area contributed by atoms with Crippen LogP contribution < -0.4 is 64.3 Å². The number of carbonyl (C=O) groups excluding carboxylic acids is 3. The molecule has 6 bridgehead atoms. The fourth-order valence-corrected chi connectivity index (χ4v) is 14.5. The van der Waals surface area contributed by atoms with Gasteiger partial charge in [0.15, 0.2) is 17.5 Å². The van der Waals surface area contributed by atoms with E-state index in [1.165, 1.54) is 48.8 Å². The van der Waals surface area contributed by atoms with E-state index in [1.807, 2.05) is 27.9 Å². The zero-order valence-corrected chi connectivity index (χ0v) is 62.4. The molecule has 1 aliphatic carbocycles. The van der Waals surface area contributed by atoms with Gasteiger partial charge < -0.3 is 80.2 Å². The van der Waals surface area contributed by atoms with Gasteiger partial charge in [-0.15, -0.1) is 0 Å². The SMILES string of the molecule is COc1ncc(C(F)(F)F)cc1-c1nc2c(cc1Cl)N1CC[C@@H](C1)N2C(=O)Nc1ccnc(OC[C@@H](O)CO)c1.Cc1cc2c(nc1-c1cccc(C(F)(F)F)c1)N(C(=O)Nc1ccnc(OC[C@@H](O)CO)c1)[C@H]1CCN2C1.O=C(Nc1ccnc(OC[C@@H](O)CO)c1)N1c2nc(-c3cnn(C4CC4)c3)c(Cl)cc2N2CC[C@H]1C2. The van der Waals surface area contributed by atoms with Crippen LogP contribution in [0, 0.1) is 6.92 Å². The molecule has 6 amide bonds. The number of aryl methyl sites for hydroxylation is 1. The number of halogens is 8. The molecule has 9 aromatic rings. The van der Waals surface area contributed by atoms with Crippen molar-refractivity contribution in [1.82, 2.24) is 44.7 Å². The molecule has 3 saturated heterocycles. The summed E-state index contributed by atoms with van der Waals surface area (Å²) in [5.41, 5.74) is 4.33. The van der Waals surface area contributed by atoms with Crippen molar-refractivity contribution in [2.24, 2.45) is 0 Å². The lowest BCUT2D eigenvalue weighted by Gasteiger charge is -2.36. The second-order valence-electron chi connectivity index (χ2n) is 27.8. The number of benzene rings is 1. The first-order valence-electron chi connectivity index (χ1n) is 36.2. The Kier molecular flexibility index (Phi) is 23.3. The van der Waals surface area contributed by atoms with E-state index < -0.39 is 73.7 Å². The van der Waals surface area contributed by atoms with Gasteiger partial charge in [0.25, 0.3) is 0 Å². The number of urea groups is 3. The summed E-state index contributed by atoms with van der Waals surface area (Å²) in [4.78, 5) is 81.9. The fraction of sp³-hybridized carbons (Fsp3) is 0.373. The van der Waals surface area contributed by atoms with Crippen LogP contribution in [0.15, 0.2) is 122 Å². The van der Waals surface area contributed by atoms with Crippen molar-refractivity contribution in [3.05, 3.63) is 149 Å². The first-order chi connectivity index (χ1) is 54.7. The number of amides is 6. The minimum absolute atomic E-state index is 0.0156. The Hall–Kier alpha value is -11.2. The maximum absolute atomic E-state index is 13.6. The number of aliphatic hydroxyl groups excluding tert-OH is 6. The number of anilines is 9. The summed E-state index contributed by atoms with van der Waals surface area (Å²) in [7, 11) is 1.27. The minimum atomic E-state index is -4.66. The molecule has 600 valence electrons. The molecular formula is C75H76Cl2F6N18O13. The molecule has 0 unspecified atom stereocenters. The third-order valence-electron chi connectivity index (χ3n) is 19.7. The van der Waals surface area contributed by atoms with E-state index in [9.17, 15) is 56.0 Å². The van der Waals surface area contributed by atoms with Crippen LogP contribution in [-0.4, -0.2) is 216 Å². The normalized spacial score (nSPS) is 17.8. The largest absolute Gasteiger partial charge is 0.481 e. The van der Waals surface area contributed by atoms with E-state index in [4.69, 9.17) is 67.4 Å². The van der Waals surface area contributed by atoms with Gasteiger partial charge in [-0.25, -0.2) is 49.3 Å². The van der Waals surface area contributed by atoms with Gasteiger partial charge in [0.1, 0.15) is 38.1 Å². The third-order valence-corrected chi connectivity index (χ3v) is 20.3. The van der Waals surface area contributed by atoms with Crippen LogP contribution >= 0.6 is 23.2 Å². The van der Waals surface area contributed by atoms with E-state index in [2.05, 4.69) is 55.8 Å². The van der Waals surface area contributed by atoms with Gasteiger partial charge in [0.2, 0.25) is 23.5 Å². The molecule has 1 saturated carbocycles. The highest BCUT2D eigenvalue weighted by Gasteiger charge is 2.45. The van der Waals surface area contributed by atoms with Gasteiger partial charge >= 0.3 is 30.4 Å². The topological polar surface area (TPSA) is 373 Å². The number of hydrogen-bond donors (Lipinski definition) is 9. The van der Waals surface area contributed by atoms with Crippen LogP contribution in [0.2, 0.25) is 10.0 Å². The predicted octanol–water partition coefficient (Wildman–Crippen LogP) is 10.1. The number of aliphatic hydroxyl groups is 6. The first-order valence-corrected chi connectivity index (χ1v) is 36.9. The average molecular weight is 1620 g/mol. The number of nitrogens with one attached hydrogen (secondary N) is 3. The predicted molar refractivity (Wildman–Crippen MR) is 407 cm³/mol. The number of methoxy groups -OCH3 is 1. The van der Waals surface area contributed by atoms with Gasteiger partial charge in [-0.1, -0.05) is 35.3 Å². The highest BCUT2D eigenvalue weighted by atomic mass is 35.5. The van der Waals surface area contributed by atoms with Crippen LogP contribution in [0.1, 0.15) is 54.8 Å². The molecule has 14 heterocycles. The van der Waals surface area contributed by atoms with Crippen LogP contribution in [0.25, 0.3) is 33.8 Å². The maximum Gasteiger partial charge on any atom is 0.417 e. The zero-order valence-electron chi connectivity index (χ0n) is 60.9. The molecule has 6 aliphatic heterocycles. The molecule has 0 spiro atoms. The molecule has 8 aromatic heterocycles. The number of fused-ring (bicyclic) bond motifs is 12. The van der Waals surface area contributed by atoms with Gasteiger partial charge in [0, 0.05) is 117 Å². The van der Waals surface area contributed by atoms with Crippen molar-refractivity contribution >= 4 is 92.9 Å². The van der Waals surface area contributed by atoms with Gasteiger partial charge in [-0.2, -0.15) is 31.4 Å². The molecule has 31 nitrogen and oxygen atoms in total. The van der Waals surface area contributed by atoms with Crippen LogP contribution in [0.4, 0.5) is 92.3 Å². The van der Waals surface area contributed by atoms with Crippen LogP contribution in [0.3, 0.4) is 0 Å². The molecule has 9 N–H and O–H groups in total. The molecule has 6 atom stereocenters. The summed E-state index contributed by atoms with van der Waals surface area (Å²) in [5.74, 6) is 1.57. The molecule has 7 aliphatic rings. The molecule has 114 heavy (non-hydrogen) atoms. The molecular weight excluding hydrogens is 1550 g/mol. The number of pyridine rings is 7. The second kappa shape index (κ2) is 33.5. The van der Waals surface area contributed by atoms with Crippen molar-refractivity contribution in [2.45, 2.75) is 93.9 Å². The Labute approximate surface area is 656 Å². The van der Waals surface area contributed by atoms with E-state index in [-0.39, 0.29) is 89.6 Å². The average Bonchev–Trinajstić information content (AvgIpc) is 1.52. The van der Waals surface area contributed by atoms with Gasteiger partial charge in [-0.05, 0) is 99.2 Å². The van der Waals surface area contributed by atoms with Gasteiger partial charge in [-0.3, -0.25) is 19.4 Å². The Balaban J connectivity index is 0.000000142. The third kappa shape index (κ3) is 17.5. The molecule has 0 radical (unpaired) electrons. The molecule has 16 rings (SSSR count). The molecule has 4 fully saturated rings. The van der Waals surface area contributed by atoms with Gasteiger partial charge in [0.05, 0.1) is 118 Å². The maximum atomic E-state index is 13.6. The lowest BCUT2D eigenvalue weighted by atomic mass is 10.0. The monoisotopic (exact) mass is 1620 g/mol. The van der Waals surface area contributed by atoms with Crippen molar-refractivity contribution in [3.8, 4) is 57.3 Å². The zero-order chi connectivity index (χ0) is 80.4. The Morgan fingerprint density at radius 1 is 0.518 bits per heavy atom. The highest BCUT2D eigenvalue weighted by Crippen LogP contribution is 2.49. The number of carbonyl (C=O) groups is 3. The number of hydrogen-bond acceptors (Lipinski definition) is 24. The summed E-state index contributed by atoms with van der Waals surface area (Å²) in [6.07, 6.45) is 0.853. The number of aromatic nitrogens is 9. The minimum Gasteiger partial charge on any atom is -0.481 e. The number of alkyl halides is 6. The van der Waals surface area contributed by atoms with E-state index in [1.54, 1.807) is 59.3 Å². The van der Waals surface area contributed by atoms with Crippen molar-refractivity contribution < 1.29 is 90.3 Å². The van der Waals surface area contributed by atoms with Crippen LogP contribution in [0.5, 0.6) is 23.5 Å². The lowest BCUT2D eigenvalue weighted by Crippen LogP contribution is -2.48. The summed E-state index contributed by atoms with van der Waals surface area (Å²) < 4.78 is 104. The van der Waals surface area contributed by atoms with Crippen LogP contribution in [-0.2, 0) is 12.4 Å². The van der Waals surface area contributed by atoms with E-state index >= 15 is 0 Å². The smallest absolute Gasteiger partial charge is 0.417 e. The number of ether oxygens (including phenoxy) is 4. The van der Waals surface area contributed by atoms with Crippen molar-refractivity contribution in [1.29, 1.82) is 0 Å². The standard InChI is InChI=1S/C26H26F3N5O4.C25H24ClF3N6O5.C24H26ClN7O4/c1-15-9-21-24(32-23(15)16-3-2-4-17(10-16)26(27,28)29)34(19-6-8-33(21)12-19)25(37)31-18-5-7-30-22(11-18)38-14-20(36)13-35;1-39-23-17(6-13(9-31-23)25(27,28)29)21-18(26)8-19-22(33-21)35(15-3-5-34(19)10-15)24(38)32-14-2-4-30-20(7-14)40-12-16(37)11-36;25-19-8-20-23(29-22(19)14-9-27-31(10-14)16-1-2-16)32(17-4-6-30(20)11-17)24(35)28-15-3-5-26-21(7-15)36-13-18(34)12-33/h2-5,7,9-11,19-20,35-36H,6,8,12-14H2,1H3,(H,30,31,37);2,4,6-9,15-16,36-37H,3,5,10-12H2,1H3,(H,30,32,38);3,5,7-10,16-18,33-34H,1-2,4,6,11-13H2,(H,26,28,35)/t19-,20-;15-,16-;17-,18-/m000/s1. The Bertz CT molecular complexity index is 5060. The van der Waals surface area contributed by atoms with Crippen molar-refractivity contribution in [3.63, 3.8) is 0 Å². The van der Waals surface area contributed by atoms with E-state index in [0.717, 1.165) is 67.5 Å². The summed E-state index contributed by atoms with van der Waals surface area (Å²) in [6.45, 7) is 4.00. The Morgan fingerprint density at radius 2 is 0.947 bits per heavy atom. The highest BCUT2D eigenvalue weighted by molar-refractivity contribution is 6.34. The first kappa shape index (κ1) is 79.5. The second-order valence-corrected chi connectivity index (χ2v) is 28.6. The van der Waals surface area contributed by atoms with Crippen molar-refractivity contribution in [2.75, 3.05) is 131 Å². The quantitative estimate of drug-likeness (QED) is 0.0320. The lowest BCUT2D eigenvalue weighted by molar-refractivity contribution is -0.138.